The monoisotopic (exact) mass is 502 g/mol. The van der Waals surface area contributed by atoms with Crippen molar-refractivity contribution in [1.82, 2.24) is 14.9 Å². The number of β-lactam (4-membered cyclic amide) rings is 1. The van der Waals surface area contributed by atoms with Crippen LogP contribution in [-0.2, 0) is 14.3 Å². The van der Waals surface area contributed by atoms with Crippen molar-refractivity contribution in [3.05, 3.63) is 94.9 Å². The average molecular weight is 503 g/mol. The Morgan fingerprint density at radius 3 is 2.36 bits per heavy atom. The number of fused-ring (bicyclic) bond motifs is 1. The van der Waals surface area contributed by atoms with Crippen molar-refractivity contribution in [3.63, 3.8) is 0 Å². The maximum Gasteiger partial charge on any atom is 0.357 e. The maximum atomic E-state index is 13.3. The minimum atomic E-state index is -0.622. The third kappa shape index (κ3) is 4.46. The molecule has 0 radical (unpaired) electrons. The number of ether oxygens (including phenoxy) is 1. The van der Waals surface area contributed by atoms with E-state index in [1.54, 1.807) is 12.4 Å². The smallest absolute Gasteiger partial charge is 0.357 e. The second kappa shape index (κ2) is 9.91. The number of carbonyl (C=O) groups excluding carboxylic acids is 2. The topological polar surface area (TPSA) is 87.3 Å². The van der Waals surface area contributed by atoms with Crippen LogP contribution in [0.5, 0.6) is 0 Å². The molecule has 3 aromatic rings. The van der Waals surface area contributed by atoms with Gasteiger partial charge >= 0.3 is 5.97 Å². The number of esters is 1. The van der Waals surface area contributed by atoms with E-state index in [-0.39, 0.29) is 29.4 Å². The molecule has 2 N–H and O–H groups in total. The molecule has 1 saturated heterocycles. The largest absolute Gasteiger partial charge is 0.448 e. The summed E-state index contributed by atoms with van der Waals surface area (Å²) in [5.74, 6) is 0.0436. The molecule has 0 aliphatic carbocycles. The van der Waals surface area contributed by atoms with Crippen molar-refractivity contribution in [2.45, 2.75) is 17.5 Å². The molecule has 3 heterocycles. The number of hydrogen-bond donors (Lipinski definition) is 2. The first-order valence-corrected chi connectivity index (χ1v) is 11.5. The molecule has 1 fully saturated rings. The number of hydrogen-bond acceptors (Lipinski definition) is 6. The second-order valence-corrected chi connectivity index (χ2v) is 8.89. The maximum absolute atomic E-state index is 13.3. The average Bonchev–Trinajstić information content (AvgIpc) is 3.35. The molecule has 2 aliphatic heterocycles. The van der Waals surface area contributed by atoms with Gasteiger partial charge in [-0.05, 0) is 11.1 Å². The normalized spacial score (nSPS) is 19.5. The molecule has 2 aromatic carbocycles. The lowest BCUT2D eigenvalue weighted by molar-refractivity contribution is -0.152. The van der Waals surface area contributed by atoms with Crippen LogP contribution in [0, 0.1) is 0 Å². The number of nitrogens with zero attached hydrogens (tertiary/aromatic N) is 2. The van der Waals surface area contributed by atoms with Crippen molar-refractivity contribution < 1.29 is 14.3 Å². The lowest BCUT2D eigenvalue weighted by Crippen LogP contribution is -2.67. The number of carbonyl (C=O) groups is 2. The van der Waals surface area contributed by atoms with E-state index in [1.165, 1.54) is 16.7 Å². The molecule has 0 bridgehead atoms. The fraction of sp³-hybridized carbons (Fsp3) is 0.174. The van der Waals surface area contributed by atoms with E-state index in [0.717, 1.165) is 11.1 Å². The van der Waals surface area contributed by atoms with Crippen molar-refractivity contribution in [3.8, 4) is 0 Å². The van der Waals surface area contributed by atoms with Crippen LogP contribution in [0.25, 0.3) is 0 Å². The van der Waals surface area contributed by atoms with Crippen LogP contribution in [-0.4, -0.2) is 43.9 Å². The highest BCUT2D eigenvalue weighted by atomic mass is 35.5. The molecule has 0 spiro atoms. The van der Waals surface area contributed by atoms with Gasteiger partial charge in [0.15, 0.2) is 6.10 Å². The lowest BCUT2D eigenvalue weighted by atomic mass is 10.0. The molecule has 5 rings (SSSR count). The van der Waals surface area contributed by atoms with E-state index in [0.29, 0.717) is 16.7 Å². The fourth-order valence-corrected chi connectivity index (χ4v) is 5.36. The summed E-state index contributed by atoms with van der Waals surface area (Å²) in [5.41, 5.74) is 1.77. The Bertz CT molecular complexity index is 1120. The summed E-state index contributed by atoms with van der Waals surface area (Å²) in [6.45, 7) is 0. The van der Waals surface area contributed by atoms with E-state index in [2.05, 4.69) is 15.3 Å². The lowest BCUT2D eigenvalue weighted by Gasteiger charge is -2.49. The molecule has 2 aliphatic rings. The molecule has 1 unspecified atom stereocenters. The Labute approximate surface area is 206 Å². The third-order valence-electron chi connectivity index (χ3n) is 5.34. The van der Waals surface area contributed by atoms with E-state index in [4.69, 9.17) is 16.3 Å². The predicted molar refractivity (Wildman–Crippen MR) is 130 cm³/mol. The van der Waals surface area contributed by atoms with Gasteiger partial charge in [0, 0.05) is 18.1 Å². The number of thioether (sulfide) groups is 1. The van der Waals surface area contributed by atoms with Gasteiger partial charge in [-0.3, -0.25) is 9.69 Å². The molecule has 1 amide bonds. The van der Waals surface area contributed by atoms with Crippen LogP contribution >= 0.6 is 35.8 Å². The van der Waals surface area contributed by atoms with Crippen LogP contribution in [0.15, 0.2) is 83.8 Å². The van der Waals surface area contributed by atoms with Crippen LogP contribution in [0.2, 0.25) is 0 Å². The van der Waals surface area contributed by atoms with Gasteiger partial charge in [-0.2, -0.15) is 0 Å². The van der Waals surface area contributed by atoms with Gasteiger partial charge in [0.05, 0.1) is 5.03 Å². The number of rotatable bonds is 6. The highest BCUT2D eigenvalue weighted by Crippen LogP contribution is 2.43. The molecular formula is C23H20Cl2N4O3S. The van der Waals surface area contributed by atoms with Gasteiger partial charge in [-0.25, -0.2) is 9.78 Å². The van der Waals surface area contributed by atoms with Gasteiger partial charge < -0.3 is 15.0 Å². The van der Waals surface area contributed by atoms with Gasteiger partial charge in [-0.1, -0.05) is 72.3 Å². The molecule has 170 valence electrons. The number of imidazole rings is 1. The summed E-state index contributed by atoms with van der Waals surface area (Å²) < 4.78 is 5.95. The van der Waals surface area contributed by atoms with Crippen LogP contribution in [0.4, 0.5) is 5.95 Å². The van der Waals surface area contributed by atoms with E-state index in [1.807, 2.05) is 60.7 Å². The Kier molecular flexibility index (Phi) is 6.97. The summed E-state index contributed by atoms with van der Waals surface area (Å²) in [4.78, 5) is 34.7. The summed E-state index contributed by atoms with van der Waals surface area (Å²) >= 11 is 7.92. The summed E-state index contributed by atoms with van der Waals surface area (Å²) in [6.07, 6.45) is 2.65. The van der Waals surface area contributed by atoms with E-state index < -0.39 is 18.1 Å². The minimum Gasteiger partial charge on any atom is -0.448 e. The van der Waals surface area contributed by atoms with Gasteiger partial charge in [0.2, 0.25) is 5.95 Å². The summed E-state index contributed by atoms with van der Waals surface area (Å²) in [7, 11) is 0. The molecule has 33 heavy (non-hydrogen) atoms. The summed E-state index contributed by atoms with van der Waals surface area (Å²) in [5, 5.41) is 3.11. The van der Waals surface area contributed by atoms with Gasteiger partial charge in [0.1, 0.15) is 17.1 Å². The number of H-pyrrole nitrogens is 1. The van der Waals surface area contributed by atoms with E-state index in [9.17, 15) is 9.59 Å². The third-order valence-corrected chi connectivity index (χ3v) is 7.09. The molecule has 7 nitrogen and oxygen atoms in total. The minimum absolute atomic E-state index is 0. The Morgan fingerprint density at radius 2 is 1.79 bits per heavy atom. The fourth-order valence-electron chi connectivity index (χ4n) is 3.81. The van der Waals surface area contributed by atoms with Gasteiger partial charge in [-0.15, -0.1) is 24.2 Å². The number of amides is 1. The highest BCUT2D eigenvalue weighted by Gasteiger charge is 2.54. The molecular weight excluding hydrogens is 483 g/mol. The number of aromatic nitrogens is 2. The number of benzene rings is 2. The first kappa shape index (κ1) is 23.2. The van der Waals surface area contributed by atoms with Gasteiger partial charge in [0.25, 0.3) is 5.91 Å². The van der Waals surface area contributed by atoms with Crippen molar-refractivity contribution in [1.29, 1.82) is 0 Å². The first-order chi connectivity index (χ1) is 15.6. The molecule has 1 aromatic heterocycles. The SMILES string of the molecule is Cl.O=C(OC(c1ccccc1)c1ccccc1)C1=C(Cl)CS[C@@H]2C(Nc3ncc[nH]3)C(=O)N12. The quantitative estimate of drug-likeness (QED) is 0.385. The van der Waals surface area contributed by atoms with Crippen LogP contribution < -0.4 is 5.32 Å². The highest BCUT2D eigenvalue weighted by molar-refractivity contribution is 8.00. The Morgan fingerprint density at radius 1 is 1.15 bits per heavy atom. The Hall–Kier alpha value is -2.94. The number of nitrogens with one attached hydrogen (secondary N) is 2. The molecule has 2 atom stereocenters. The molecule has 10 heteroatoms. The van der Waals surface area contributed by atoms with Crippen molar-refractivity contribution in [2.75, 3.05) is 11.1 Å². The second-order valence-electron chi connectivity index (χ2n) is 7.33. The predicted octanol–water partition coefficient (Wildman–Crippen LogP) is 4.31. The number of anilines is 1. The Balaban J connectivity index is 0.00000259. The van der Waals surface area contributed by atoms with Crippen molar-refractivity contribution >= 4 is 53.6 Å². The number of halogens is 2. The summed E-state index contributed by atoms with van der Waals surface area (Å²) in [6, 6.07) is 18.5. The number of aromatic amines is 1. The zero-order valence-electron chi connectivity index (χ0n) is 17.2. The van der Waals surface area contributed by atoms with Crippen LogP contribution in [0.3, 0.4) is 0 Å². The van der Waals surface area contributed by atoms with Crippen LogP contribution in [0.1, 0.15) is 17.2 Å². The zero-order valence-corrected chi connectivity index (χ0v) is 19.6. The first-order valence-electron chi connectivity index (χ1n) is 10.0. The standard InChI is InChI=1S/C23H19ClN4O3S.ClH/c24-16-13-32-21-17(27-23-25-11-12-26-23)20(29)28(21)18(16)22(30)31-19(14-7-3-1-4-8-14)15-9-5-2-6-10-15;/h1-12,17,19,21H,13H2,(H2,25,26,27);1H/t17?,21-;/m1./s1. The van der Waals surface area contributed by atoms with Crippen molar-refractivity contribution in [2.24, 2.45) is 0 Å². The zero-order chi connectivity index (χ0) is 22.1. The molecule has 0 saturated carbocycles. The van der Waals surface area contributed by atoms with E-state index >= 15 is 0 Å².